The zero-order valence-electron chi connectivity index (χ0n) is 14.4. The zero-order valence-corrected chi connectivity index (χ0v) is 15.2. The number of halogens is 1. The molecule has 0 aromatic heterocycles. The Morgan fingerprint density at radius 3 is 2.65 bits per heavy atom. The van der Waals surface area contributed by atoms with Gasteiger partial charge in [0.25, 0.3) is 0 Å². The van der Waals surface area contributed by atoms with Gasteiger partial charge >= 0.3 is 0 Å². The monoisotopic (exact) mass is 340 g/mol. The minimum atomic E-state index is -0.344. The average molecular weight is 341 g/mol. The Bertz CT molecular complexity index is 389. The van der Waals surface area contributed by atoms with E-state index in [9.17, 15) is 10.2 Å². The van der Waals surface area contributed by atoms with Gasteiger partial charge in [0, 0.05) is 11.3 Å². The number of alkyl halides is 1. The largest absolute Gasteiger partial charge is 0.393 e. The Kier molecular flexibility index (Phi) is 8.15. The molecule has 5 atom stereocenters. The van der Waals surface area contributed by atoms with Gasteiger partial charge in [-0.3, -0.25) is 0 Å². The van der Waals surface area contributed by atoms with Gasteiger partial charge in [0.15, 0.2) is 0 Å². The second kappa shape index (κ2) is 9.86. The fourth-order valence-corrected chi connectivity index (χ4v) is 4.20. The summed E-state index contributed by atoms with van der Waals surface area (Å²) in [5.41, 5.74) is 0. The van der Waals surface area contributed by atoms with Gasteiger partial charge in [-0.2, -0.15) is 0 Å². The Morgan fingerprint density at radius 1 is 1.22 bits per heavy atom. The molecule has 0 bridgehead atoms. The second-order valence-electron chi connectivity index (χ2n) is 7.33. The molecule has 0 aliphatic heterocycles. The van der Waals surface area contributed by atoms with Crippen molar-refractivity contribution in [2.45, 2.75) is 82.3 Å². The topological polar surface area (TPSA) is 40.5 Å². The number of aliphatic hydroxyl groups excluding tert-OH is 2. The van der Waals surface area contributed by atoms with E-state index in [0.29, 0.717) is 24.7 Å². The van der Waals surface area contributed by atoms with Crippen LogP contribution >= 0.6 is 11.6 Å². The van der Waals surface area contributed by atoms with Crippen molar-refractivity contribution >= 4 is 11.6 Å². The van der Waals surface area contributed by atoms with Crippen LogP contribution in [0.1, 0.15) is 64.7 Å². The molecule has 0 spiro atoms. The summed E-state index contributed by atoms with van der Waals surface area (Å²) in [6.07, 6.45) is 17.6. The van der Waals surface area contributed by atoms with E-state index >= 15 is 0 Å². The third kappa shape index (κ3) is 5.62. The molecule has 23 heavy (non-hydrogen) atoms. The summed E-state index contributed by atoms with van der Waals surface area (Å²) in [6.45, 7) is 2.20. The van der Waals surface area contributed by atoms with Crippen molar-refractivity contribution in [3.8, 4) is 0 Å². The highest BCUT2D eigenvalue weighted by Gasteiger charge is 2.39. The van der Waals surface area contributed by atoms with E-state index in [1.165, 1.54) is 19.3 Å². The second-order valence-corrected chi connectivity index (χ2v) is 7.89. The van der Waals surface area contributed by atoms with E-state index in [4.69, 9.17) is 11.6 Å². The van der Waals surface area contributed by atoms with Gasteiger partial charge in [0.1, 0.15) is 0 Å². The molecule has 132 valence electrons. The first-order chi connectivity index (χ1) is 11.1. The molecule has 2 rings (SSSR count). The summed E-state index contributed by atoms with van der Waals surface area (Å²) in [5, 5.41) is 20.4. The van der Waals surface area contributed by atoms with E-state index in [-0.39, 0.29) is 23.5 Å². The summed E-state index contributed by atoms with van der Waals surface area (Å²) >= 11 is 6.45. The van der Waals surface area contributed by atoms with Crippen LogP contribution < -0.4 is 0 Å². The van der Waals surface area contributed by atoms with Gasteiger partial charge in [-0.25, -0.2) is 0 Å². The molecule has 1 unspecified atom stereocenters. The Morgan fingerprint density at radius 2 is 2.00 bits per heavy atom. The quantitative estimate of drug-likeness (QED) is 0.358. The normalized spacial score (nSPS) is 33.6. The summed E-state index contributed by atoms with van der Waals surface area (Å²) in [5.74, 6) is 0.926. The molecule has 2 nitrogen and oxygen atoms in total. The number of allylic oxidation sites excluding steroid dienone is 2. The molecule has 2 aliphatic carbocycles. The molecule has 2 fully saturated rings. The molecule has 2 aliphatic rings. The molecule has 0 saturated heterocycles. The molecule has 0 radical (unpaired) electrons. The van der Waals surface area contributed by atoms with Crippen molar-refractivity contribution < 1.29 is 10.2 Å². The molecule has 0 amide bonds. The lowest BCUT2D eigenvalue weighted by Gasteiger charge is -2.29. The molecule has 0 heterocycles. The predicted molar refractivity (Wildman–Crippen MR) is 97.6 cm³/mol. The van der Waals surface area contributed by atoms with Gasteiger partial charge in [-0.1, -0.05) is 50.5 Å². The summed E-state index contributed by atoms with van der Waals surface area (Å²) < 4.78 is 0. The predicted octanol–water partition coefficient (Wildman–Crippen LogP) is 4.83. The number of aliphatic hydroxyl groups is 2. The minimum absolute atomic E-state index is 0.0482. The van der Waals surface area contributed by atoms with Crippen LogP contribution in [0, 0.1) is 17.8 Å². The maximum Gasteiger partial charge on any atom is 0.0620 e. The summed E-state index contributed by atoms with van der Waals surface area (Å²) in [7, 11) is 0. The van der Waals surface area contributed by atoms with Crippen LogP contribution in [0.3, 0.4) is 0 Å². The van der Waals surface area contributed by atoms with Crippen molar-refractivity contribution in [2.24, 2.45) is 17.8 Å². The van der Waals surface area contributed by atoms with Gasteiger partial charge in [-0.15, -0.1) is 11.6 Å². The van der Waals surface area contributed by atoms with Crippen LogP contribution in [0.5, 0.6) is 0 Å². The fourth-order valence-electron chi connectivity index (χ4n) is 3.75. The maximum atomic E-state index is 10.3. The van der Waals surface area contributed by atoms with Crippen LogP contribution in [-0.4, -0.2) is 27.8 Å². The molecule has 2 N–H and O–H groups in total. The van der Waals surface area contributed by atoms with E-state index in [1.54, 1.807) is 0 Å². The summed E-state index contributed by atoms with van der Waals surface area (Å²) in [4.78, 5) is 0. The third-order valence-electron chi connectivity index (χ3n) is 5.60. The van der Waals surface area contributed by atoms with Crippen molar-refractivity contribution in [1.29, 1.82) is 0 Å². The average Bonchev–Trinajstić information content (AvgIpc) is 2.71. The number of rotatable bonds is 9. The minimum Gasteiger partial charge on any atom is -0.393 e. The molecular weight excluding hydrogens is 308 g/mol. The van der Waals surface area contributed by atoms with Crippen molar-refractivity contribution in [3.63, 3.8) is 0 Å². The van der Waals surface area contributed by atoms with Crippen molar-refractivity contribution in [1.82, 2.24) is 0 Å². The van der Waals surface area contributed by atoms with E-state index in [2.05, 4.69) is 31.2 Å². The van der Waals surface area contributed by atoms with E-state index < -0.39 is 0 Å². The summed E-state index contributed by atoms with van der Waals surface area (Å²) in [6, 6.07) is 0. The Labute approximate surface area is 146 Å². The maximum absolute atomic E-state index is 10.3. The molecule has 0 aromatic carbocycles. The van der Waals surface area contributed by atoms with Gasteiger partial charge in [0.05, 0.1) is 12.2 Å². The van der Waals surface area contributed by atoms with Crippen molar-refractivity contribution in [3.05, 3.63) is 24.3 Å². The number of unbranched alkanes of at least 4 members (excludes halogenated alkanes) is 2. The van der Waals surface area contributed by atoms with Gasteiger partial charge in [0.2, 0.25) is 0 Å². The lowest BCUT2D eigenvalue weighted by atomic mass is 9.80. The fraction of sp³-hybridized carbons (Fsp3) is 0.800. The van der Waals surface area contributed by atoms with Gasteiger partial charge in [-0.05, 0) is 50.4 Å². The Hall–Kier alpha value is -0.310. The molecule has 0 aromatic rings. The van der Waals surface area contributed by atoms with Crippen LogP contribution in [0.2, 0.25) is 0 Å². The SMILES string of the molecule is CCCC/C=C\C[C@@H]1[C@@H](/C=C/CC(O)C2CCC2)[C@H](O)C[C@H]1Cl. The highest BCUT2D eigenvalue weighted by molar-refractivity contribution is 6.21. The van der Waals surface area contributed by atoms with Gasteiger partial charge < -0.3 is 10.2 Å². The molecule has 2 saturated carbocycles. The molecular formula is C20H33ClO2. The first kappa shape index (κ1) is 19.0. The van der Waals surface area contributed by atoms with Crippen LogP contribution in [-0.2, 0) is 0 Å². The van der Waals surface area contributed by atoms with E-state index in [0.717, 1.165) is 25.7 Å². The van der Waals surface area contributed by atoms with Crippen LogP contribution in [0.15, 0.2) is 24.3 Å². The lowest BCUT2D eigenvalue weighted by molar-refractivity contribution is 0.0648. The van der Waals surface area contributed by atoms with E-state index in [1.807, 2.05) is 0 Å². The third-order valence-corrected chi connectivity index (χ3v) is 6.10. The standard InChI is InChI=1S/C20H33ClO2/c1-2-3-4-5-6-11-16-17(20(23)14-18(16)21)12-8-13-19(22)15-9-7-10-15/h5-6,8,12,15-20,22-23H,2-4,7,9-11,13-14H2,1H3/b6-5-,12-8+/t16-,17-,18-,19?,20-/m1/s1. The first-order valence-electron chi connectivity index (χ1n) is 9.45. The highest BCUT2D eigenvalue weighted by atomic mass is 35.5. The number of hydrogen-bond donors (Lipinski definition) is 2. The smallest absolute Gasteiger partial charge is 0.0620 e. The molecule has 3 heteroatoms. The lowest BCUT2D eigenvalue weighted by Crippen LogP contribution is -2.26. The Balaban J connectivity index is 1.82. The van der Waals surface area contributed by atoms with Crippen LogP contribution in [0.4, 0.5) is 0 Å². The zero-order chi connectivity index (χ0) is 16.7. The van der Waals surface area contributed by atoms with Crippen molar-refractivity contribution in [2.75, 3.05) is 0 Å². The number of hydrogen-bond acceptors (Lipinski definition) is 2. The first-order valence-corrected chi connectivity index (χ1v) is 9.89. The van der Waals surface area contributed by atoms with Crippen LogP contribution in [0.25, 0.3) is 0 Å². The highest BCUT2D eigenvalue weighted by Crippen LogP contribution is 2.39.